The van der Waals surface area contributed by atoms with Gasteiger partial charge in [-0.2, -0.15) is 5.10 Å². The number of amides is 1. The standard InChI is InChI=1S/C31H23BrClN3O3/c1-18-6-5-7-20(14-18)31(38)39-27-13-11-22(32)16-21(27)17-34-36-30(37)29-28(23-8-3-4-9-25(23)33)24-15-19(2)10-12-26(24)35-29/h3-17,35H,1-2H3,(H,36,37). The number of carbonyl (C=O) groups excluding carboxylic acids is 2. The number of fused-ring (bicyclic) bond motifs is 1. The third kappa shape index (κ3) is 5.79. The highest BCUT2D eigenvalue weighted by molar-refractivity contribution is 9.10. The molecule has 0 bridgehead atoms. The van der Waals surface area contributed by atoms with Crippen molar-refractivity contribution in [1.29, 1.82) is 0 Å². The third-order valence-electron chi connectivity index (χ3n) is 6.12. The number of H-pyrrole nitrogens is 1. The molecule has 0 saturated heterocycles. The summed E-state index contributed by atoms with van der Waals surface area (Å²) in [5.74, 6) is -0.624. The minimum absolute atomic E-state index is 0.306. The van der Waals surface area contributed by atoms with Crippen molar-refractivity contribution in [1.82, 2.24) is 10.4 Å². The maximum atomic E-state index is 13.3. The summed E-state index contributed by atoms with van der Waals surface area (Å²) in [4.78, 5) is 29.3. The number of aromatic amines is 1. The van der Waals surface area contributed by atoms with E-state index in [0.29, 0.717) is 33.2 Å². The molecule has 0 saturated carbocycles. The summed E-state index contributed by atoms with van der Waals surface area (Å²) in [6.45, 7) is 3.90. The van der Waals surface area contributed by atoms with Crippen LogP contribution < -0.4 is 10.2 Å². The summed E-state index contributed by atoms with van der Waals surface area (Å²) in [6, 6.07) is 25.6. The Hall–Kier alpha value is -4.20. The van der Waals surface area contributed by atoms with E-state index < -0.39 is 11.9 Å². The number of aromatic nitrogens is 1. The number of ether oxygens (including phenoxy) is 1. The van der Waals surface area contributed by atoms with Crippen LogP contribution in [0, 0.1) is 13.8 Å². The maximum Gasteiger partial charge on any atom is 0.343 e. The highest BCUT2D eigenvalue weighted by Gasteiger charge is 2.21. The van der Waals surface area contributed by atoms with Crippen molar-refractivity contribution >= 4 is 56.5 Å². The lowest BCUT2D eigenvalue weighted by Crippen LogP contribution is -2.19. The van der Waals surface area contributed by atoms with Crippen LogP contribution in [-0.4, -0.2) is 23.1 Å². The number of aryl methyl sites for hydroxylation is 2. The molecule has 0 atom stereocenters. The van der Waals surface area contributed by atoms with Gasteiger partial charge in [-0.05, 0) is 62.4 Å². The van der Waals surface area contributed by atoms with Crippen LogP contribution >= 0.6 is 27.5 Å². The van der Waals surface area contributed by atoms with Crippen molar-refractivity contribution in [2.75, 3.05) is 0 Å². The first-order chi connectivity index (χ1) is 18.8. The molecule has 0 radical (unpaired) electrons. The Bertz CT molecular complexity index is 1760. The Balaban J connectivity index is 1.43. The molecule has 39 heavy (non-hydrogen) atoms. The van der Waals surface area contributed by atoms with Crippen molar-refractivity contribution in [3.05, 3.63) is 122 Å². The molecule has 0 aliphatic heterocycles. The number of rotatable bonds is 6. The Morgan fingerprint density at radius 3 is 2.54 bits per heavy atom. The first-order valence-electron chi connectivity index (χ1n) is 12.1. The number of esters is 1. The molecular formula is C31H23BrClN3O3. The van der Waals surface area contributed by atoms with Crippen molar-refractivity contribution in [2.24, 2.45) is 5.10 Å². The summed E-state index contributed by atoms with van der Waals surface area (Å²) in [6.07, 6.45) is 1.43. The number of halogens is 2. The van der Waals surface area contributed by atoms with Gasteiger partial charge in [-0.1, -0.05) is 75.1 Å². The van der Waals surface area contributed by atoms with Crippen LogP contribution in [0.3, 0.4) is 0 Å². The van der Waals surface area contributed by atoms with Gasteiger partial charge in [0.1, 0.15) is 11.4 Å². The van der Waals surface area contributed by atoms with Gasteiger partial charge >= 0.3 is 5.97 Å². The Kier molecular flexibility index (Phi) is 7.63. The van der Waals surface area contributed by atoms with Crippen molar-refractivity contribution in [3.8, 4) is 16.9 Å². The van der Waals surface area contributed by atoms with Gasteiger partial charge in [0.05, 0.1) is 11.8 Å². The fourth-order valence-corrected chi connectivity index (χ4v) is 4.89. The summed E-state index contributed by atoms with van der Waals surface area (Å²) < 4.78 is 6.40. The van der Waals surface area contributed by atoms with Gasteiger partial charge in [-0.15, -0.1) is 0 Å². The second-order valence-electron chi connectivity index (χ2n) is 9.04. The van der Waals surface area contributed by atoms with Crippen LogP contribution in [0.25, 0.3) is 22.0 Å². The zero-order valence-corrected chi connectivity index (χ0v) is 23.4. The first kappa shape index (κ1) is 26.4. The molecule has 6 nitrogen and oxygen atoms in total. The van der Waals surface area contributed by atoms with E-state index in [2.05, 4.69) is 31.4 Å². The van der Waals surface area contributed by atoms with Crippen LogP contribution in [0.4, 0.5) is 0 Å². The number of hydrazone groups is 1. The topological polar surface area (TPSA) is 83.5 Å². The lowest BCUT2D eigenvalue weighted by atomic mass is 10.0. The number of nitrogens with one attached hydrogen (secondary N) is 2. The number of benzene rings is 4. The molecule has 1 aromatic heterocycles. The van der Waals surface area contributed by atoms with Crippen molar-refractivity contribution in [3.63, 3.8) is 0 Å². The number of hydrogen-bond acceptors (Lipinski definition) is 4. The van der Waals surface area contributed by atoms with E-state index in [0.717, 1.165) is 32.1 Å². The van der Waals surface area contributed by atoms with E-state index in [4.69, 9.17) is 16.3 Å². The highest BCUT2D eigenvalue weighted by atomic mass is 79.9. The fraction of sp³-hybridized carbons (Fsp3) is 0.0645. The molecular weight excluding hydrogens is 578 g/mol. The molecule has 0 fully saturated rings. The Morgan fingerprint density at radius 2 is 1.74 bits per heavy atom. The minimum atomic E-state index is -0.488. The molecule has 0 unspecified atom stereocenters. The number of nitrogens with zero attached hydrogens (tertiary/aromatic N) is 1. The third-order valence-corrected chi connectivity index (χ3v) is 6.95. The van der Waals surface area contributed by atoms with E-state index in [-0.39, 0.29) is 0 Å². The normalized spacial score (nSPS) is 11.2. The zero-order valence-electron chi connectivity index (χ0n) is 21.1. The molecule has 0 spiro atoms. The molecule has 5 rings (SSSR count). The van der Waals surface area contributed by atoms with Gasteiger partial charge in [0.2, 0.25) is 0 Å². The van der Waals surface area contributed by atoms with Crippen LogP contribution in [0.2, 0.25) is 5.02 Å². The van der Waals surface area contributed by atoms with E-state index in [1.807, 2.05) is 56.3 Å². The average Bonchev–Trinajstić information content (AvgIpc) is 3.29. The SMILES string of the molecule is Cc1cccc(C(=O)Oc2ccc(Br)cc2C=NNC(=O)c2[nH]c3ccc(C)cc3c2-c2ccccc2Cl)c1. The van der Waals surface area contributed by atoms with Crippen LogP contribution in [0.1, 0.15) is 37.5 Å². The van der Waals surface area contributed by atoms with Gasteiger partial charge in [-0.3, -0.25) is 4.79 Å². The largest absolute Gasteiger partial charge is 0.422 e. The molecule has 5 aromatic rings. The lowest BCUT2D eigenvalue weighted by molar-refractivity contribution is 0.0734. The molecule has 4 aromatic carbocycles. The summed E-state index contributed by atoms with van der Waals surface area (Å²) >= 11 is 9.96. The van der Waals surface area contributed by atoms with E-state index >= 15 is 0 Å². The summed E-state index contributed by atoms with van der Waals surface area (Å²) in [5, 5.41) is 5.59. The molecule has 194 valence electrons. The van der Waals surface area contributed by atoms with E-state index in [1.165, 1.54) is 6.21 Å². The second-order valence-corrected chi connectivity index (χ2v) is 10.4. The molecule has 0 aliphatic carbocycles. The number of hydrogen-bond donors (Lipinski definition) is 2. The number of carbonyl (C=O) groups is 2. The smallest absolute Gasteiger partial charge is 0.343 e. The van der Waals surface area contributed by atoms with E-state index in [1.54, 1.807) is 42.5 Å². The van der Waals surface area contributed by atoms with Gasteiger partial charge in [0, 0.05) is 37.1 Å². The van der Waals surface area contributed by atoms with Gasteiger partial charge in [0.25, 0.3) is 5.91 Å². The van der Waals surface area contributed by atoms with Crippen molar-refractivity contribution in [2.45, 2.75) is 13.8 Å². The molecule has 1 amide bonds. The summed E-state index contributed by atoms with van der Waals surface area (Å²) in [5.41, 5.74) is 8.12. The minimum Gasteiger partial charge on any atom is -0.422 e. The molecule has 2 N–H and O–H groups in total. The predicted octanol–water partition coefficient (Wildman–Crippen LogP) is 7.85. The second kappa shape index (κ2) is 11.3. The quantitative estimate of drug-likeness (QED) is 0.0901. The van der Waals surface area contributed by atoms with E-state index in [9.17, 15) is 9.59 Å². The Labute approximate surface area is 238 Å². The van der Waals surface area contributed by atoms with Gasteiger partial charge < -0.3 is 9.72 Å². The molecule has 8 heteroatoms. The molecule has 1 heterocycles. The monoisotopic (exact) mass is 599 g/mol. The lowest BCUT2D eigenvalue weighted by Gasteiger charge is -2.09. The average molecular weight is 601 g/mol. The zero-order chi connectivity index (χ0) is 27.5. The van der Waals surface area contributed by atoms with Crippen molar-refractivity contribution < 1.29 is 14.3 Å². The van der Waals surface area contributed by atoms with Crippen LogP contribution in [-0.2, 0) is 0 Å². The van der Waals surface area contributed by atoms with Crippen LogP contribution in [0.15, 0.2) is 94.5 Å². The van der Waals surface area contributed by atoms with Gasteiger partial charge in [-0.25, -0.2) is 10.2 Å². The fourth-order valence-electron chi connectivity index (χ4n) is 4.28. The first-order valence-corrected chi connectivity index (χ1v) is 13.3. The highest BCUT2D eigenvalue weighted by Crippen LogP contribution is 2.37. The predicted molar refractivity (Wildman–Crippen MR) is 159 cm³/mol. The van der Waals surface area contributed by atoms with Gasteiger partial charge in [0.15, 0.2) is 0 Å². The maximum absolute atomic E-state index is 13.3. The Morgan fingerprint density at radius 1 is 0.949 bits per heavy atom. The summed E-state index contributed by atoms with van der Waals surface area (Å²) in [7, 11) is 0. The molecule has 0 aliphatic rings. The van der Waals surface area contributed by atoms with Crippen LogP contribution in [0.5, 0.6) is 5.75 Å².